The standard InChI is InChI=1S/C13H19N3/c1-2-3-5-8-14-10-12-11-16-9-6-4-7-13(16)15-12/h4,6-7,9,11,14H,2-3,5,8,10H2,1H3. The molecule has 0 bridgehead atoms. The molecule has 2 heterocycles. The lowest BCUT2D eigenvalue weighted by Gasteiger charge is -2.00. The lowest BCUT2D eigenvalue weighted by atomic mass is 10.2. The predicted octanol–water partition coefficient (Wildman–Crippen LogP) is 2.61. The second kappa shape index (κ2) is 5.66. The average Bonchev–Trinajstić information content (AvgIpc) is 2.71. The molecule has 3 heteroatoms. The van der Waals surface area contributed by atoms with Crippen LogP contribution in [0.2, 0.25) is 0 Å². The van der Waals surface area contributed by atoms with E-state index in [-0.39, 0.29) is 0 Å². The maximum absolute atomic E-state index is 4.53. The molecule has 0 aliphatic rings. The molecule has 0 aliphatic carbocycles. The summed E-state index contributed by atoms with van der Waals surface area (Å²) in [6.07, 6.45) is 7.95. The quantitative estimate of drug-likeness (QED) is 0.754. The second-order valence-corrected chi connectivity index (χ2v) is 4.08. The molecule has 1 N–H and O–H groups in total. The first-order valence-electron chi connectivity index (χ1n) is 6.03. The fourth-order valence-corrected chi connectivity index (χ4v) is 1.79. The van der Waals surface area contributed by atoms with E-state index in [1.807, 2.05) is 24.4 Å². The SMILES string of the molecule is CCCCCNCc1cn2ccccc2n1. The summed E-state index contributed by atoms with van der Waals surface area (Å²) >= 11 is 0. The molecule has 16 heavy (non-hydrogen) atoms. The van der Waals surface area contributed by atoms with Gasteiger partial charge in [-0.1, -0.05) is 25.8 Å². The summed E-state index contributed by atoms with van der Waals surface area (Å²) in [5, 5.41) is 3.42. The van der Waals surface area contributed by atoms with Gasteiger partial charge in [0.1, 0.15) is 5.65 Å². The molecule has 0 aliphatic heterocycles. The molecular weight excluding hydrogens is 198 g/mol. The van der Waals surface area contributed by atoms with E-state index in [2.05, 4.69) is 27.8 Å². The van der Waals surface area contributed by atoms with Crippen LogP contribution in [0.5, 0.6) is 0 Å². The van der Waals surface area contributed by atoms with Crippen molar-refractivity contribution in [1.29, 1.82) is 0 Å². The van der Waals surface area contributed by atoms with Crippen molar-refractivity contribution in [2.75, 3.05) is 6.54 Å². The number of imidazole rings is 1. The van der Waals surface area contributed by atoms with Crippen LogP contribution in [-0.2, 0) is 6.54 Å². The van der Waals surface area contributed by atoms with Gasteiger partial charge in [0.2, 0.25) is 0 Å². The normalized spacial score (nSPS) is 11.1. The Morgan fingerprint density at radius 2 is 2.25 bits per heavy atom. The molecular formula is C13H19N3. The van der Waals surface area contributed by atoms with Crippen LogP contribution in [0.25, 0.3) is 5.65 Å². The van der Waals surface area contributed by atoms with Gasteiger partial charge >= 0.3 is 0 Å². The molecule has 0 spiro atoms. The van der Waals surface area contributed by atoms with Crippen LogP contribution in [0.4, 0.5) is 0 Å². The van der Waals surface area contributed by atoms with Crippen LogP contribution in [0, 0.1) is 0 Å². The van der Waals surface area contributed by atoms with E-state index in [1.165, 1.54) is 19.3 Å². The molecule has 0 fully saturated rings. The minimum Gasteiger partial charge on any atom is -0.311 e. The molecule has 0 saturated heterocycles. The molecule has 2 rings (SSSR count). The number of hydrogen-bond acceptors (Lipinski definition) is 2. The Balaban J connectivity index is 1.85. The zero-order valence-corrected chi connectivity index (χ0v) is 9.82. The third kappa shape index (κ3) is 2.83. The summed E-state index contributed by atoms with van der Waals surface area (Å²) in [4.78, 5) is 4.53. The Morgan fingerprint density at radius 3 is 3.06 bits per heavy atom. The van der Waals surface area contributed by atoms with E-state index in [0.717, 1.165) is 24.4 Å². The summed E-state index contributed by atoms with van der Waals surface area (Å²) in [6.45, 7) is 4.18. The van der Waals surface area contributed by atoms with Crippen LogP contribution >= 0.6 is 0 Å². The summed E-state index contributed by atoms with van der Waals surface area (Å²) in [7, 11) is 0. The second-order valence-electron chi connectivity index (χ2n) is 4.08. The highest BCUT2D eigenvalue weighted by molar-refractivity contribution is 5.39. The van der Waals surface area contributed by atoms with E-state index in [9.17, 15) is 0 Å². The fourth-order valence-electron chi connectivity index (χ4n) is 1.79. The van der Waals surface area contributed by atoms with Crippen molar-refractivity contribution in [1.82, 2.24) is 14.7 Å². The van der Waals surface area contributed by atoms with E-state index in [1.54, 1.807) is 0 Å². The third-order valence-electron chi connectivity index (χ3n) is 2.68. The van der Waals surface area contributed by atoms with Gasteiger partial charge in [-0.3, -0.25) is 0 Å². The number of hydrogen-bond donors (Lipinski definition) is 1. The highest BCUT2D eigenvalue weighted by atomic mass is 15.0. The van der Waals surface area contributed by atoms with Gasteiger partial charge in [0.25, 0.3) is 0 Å². The molecule has 0 amide bonds. The van der Waals surface area contributed by atoms with Crippen molar-refractivity contribution in [2.24, 2.45) is 0 Å². The number of unbranched alkanes of at least 4 members (excludes halogenated alkanes) is 2. The number of nitrogens with one attached hydrogen (secondary N) is 1. The van der Waals surface area contributed by atoms with E-state index < -0.39 is 0 Å². The number of rotatable bonds is 6. The summed E-state index contributed by atoms with van der Waals surface area (Å²) in [5.74, 6) is 0. The van der Waals surface area contributed by atoms with Crippen LogP contribution in [0.3, 0.4) is 0 Å². The topological polar surface area (TPSA) is 29.3 Å². The van der Waals surface area contributed by atoms with Gasteiger partial charge < -0.3 is 9.72 Å². The molecule has 0 radical (unpaired) electrons. The number of fused-ring (bicyclic) bond motifs is 1. The predicted molar refractivity (Wildman–Crippen MR) is 66.4 cm³/mol. The van der Waals surface area contributed by atoms with Gasteiger partial charge in [0, 0.05) is 18.9 Å². The van der Waals surface area contributed by atoms with Gasteiger partial charge in [-0.15, -0.1) is 0 Å². The van der Waals surface area contributed by atoms with Gasteiger partial charge in [-0.05, 0) is 25.1 Å². The lowest BCUT2D eigenvalue weighted by Crippen LogP contribution is -2.14. The van der Waals surface area contributed by atoms with Gasteiger partial charge in [0.15, 0.2) is 0 Å². The highest BCUT2D eigenvalue weighted by Crippen LogP contribution is 2.04. The third-order valence-corrected chi connectivity index (χ3v) is 2.68. The fraction of sp³-hybridized carbons (Fsp3) is 0.462. The molecule has 0 aromatic carbocycles. The monoisotopic (exact) mass is 217 g/mol. The first-order valence-corrected chi connectivity index (χ1v) is 6.03. The Morgan fingerprint density at radius 1 is 1.31 bits per heavy atom. The molecule has 2 aromatic rings. The van der Waals surface area contributed by atoms with Crippen molar-refractivity contribution >= 4 is 5.65 Å². The number of aromatic nitrogens is 2. The first-order chi connectivity index (χ1) is 7.90. The lowest BCUT2D eigenvalue weighted by molar-refractivity contribution is 0.612. The number of pyridine rings is 1. The molecule has 3 nitrogen and oxygen atoms in total. The van der Waals surface area contributed by atoms with Gasteiger partial charge in [0.05, 0.1) is 5.69 Å². The Labute approximate surface area is 96.5 Å². The Kier molecular flexibility index (Phi) is 3.94. The molecule has 2 aromatic heterocycles. The van der Waals surface area contributed by atoms with Crippen molar-refractivity contribution in [3.8, 4) is 0 Å². The van der Waals surface area contributed by atoms with Crippen LogP contribution < -0.4 is 5.32 Å². The zero-order chi connectivity index (χ0) is 11.2. The number of nitrogens with zero attached hydrogens (tertiary/aromatic N) is 2. The molecule has 86 valence electrons. The van der Waals surface area contributed by atoms with E-state index in [0.29, 0.717) is 0 Å². The van der Waals surface area contributed by atoms with E-state index in [4.69, 9.17) is 0 Å². The van der Waals surface area contributed by atoms with Crippen LogP contribution in [0.15, 0.2) is 30.6 Å². The first kappa shape index (κ1) is 11.1. The maximum Gasteiger partial charge on any atom is 0.137 e. The minimum absolute atomic E-state index is 0.866. The van der Waals surface area contributed by atoms with Crippen molar-refractivity contribution in [2.45, 2.75) is 32.7 Å². The average molecular weight is 217 g/mol. The minimum atomic E-state index is 0.866. The Hall–Kier alpha value is -1.35. The molecule has 0 unspecified atom stereocenters. The Bertz CT molecular complexity index is 400. The van der Waals surface area contributed by atoms with Crippen molar-refractivity contribution < 1.29 is 0 Å². The largest absolute Gasteiger partial charge is 0.311 e. The summed E-state index contributed by atoms with van der Waals surface area (Å²) in [6, 6.07) is 6.06. The smallest absolute Gasteiger partial charge is 0.137 e. The van der Waals surface area contributed by atoms with E-state index >= 15 is 0 Å². The summed E-state index contributed by atoms with van der Waals surface area (Å²) in [5.41, 5.74) is 2.13. The maximum atomic E-state index is 4.53. The molecule has 0 saturated carbocycles. The van der Waals surface area contributed by atoms with Crippen LogP contribution in [-0.4, -0.2) is 15.9 Å². The van der Waals surface area contributed by atoms with Gasteiger partial charge in [-0.25, -0.2) is 4.98 Å². The van der Waals surface area contributed by atoms with Crippen LogP contribution in [0.1, 0.15) is 31.9 Å². The highest BCUT2D eigenvalue weighted by Gasteiger charge is 1.99. The van der Waals surface area contributed by atoms with Crippen molar-refractivity contribution in [3.05, 3.63) is 36.3 Å². The van der Waals surface area contributed by atoms with Gasteiger partial charge in [-0.2, -0.15) is 0 Å². The van der Waals surface area contributed by atoms with Crippen molar-refractivity contribution in [3.63, 3.8) is 0 Å². The zero-order valence-electron chi connectivity index (χ0n) is 9.82. The summed E-state index contributed by atoms with van der Waals surface area (Å²) < 4.78 is 2.06. The molecule has 0 atom stereocenters.